The number of aryl methyl sites for hydroxylation is 1. The van der Waals surface area contributed by atoms with Crippen LogP contribution in [-0.2, 0) is 0 Å². The fourth-order valence-electron chi connectivity index (χ4n) is 3.06. The minimum Gasteiger partial charge on any atom is -0.496 e. The van der Waals surface area contributed by atoms with E-state index >= 15 is 0 Å². The Labute approximate surface area is 123 Å². The van der Waals surface area contributed by atoms with Crippen molar-refractivity contribution >= 4 is 0 Å². The van der Waals surface area contributed by atoms with Gasteiger partial charge in [0.15, 0.2) is 0 Å². The van der Waals surface area contributed by atoms with Crippen molar-refractivity contribution in [3.05, 3.63) is 28.8 Å². The van der Waals surface area contributed by atoms with Crippen LogP contribution in [0.5, 0.6) is 5.75 Å². The normalized spacial score (nSPS) is 18.3. The van der Waals surface area contributed by atoms with Crippen LogP contribution in [0.2, 0.25) is 0 Å². The highest BCUT2D eigenvalue weighted by atomic mass is 16.5. The maximum Gasteiger partial charge on any atom is 0.122 e. The molecule has 3 heteroatoms. The molecule has 1 aromatic carbocycles. The molecule has 0 saturated carbocycles. The first-order valence-electron chi connectivity index (χ1n) is 7.67. The molecule has 0 radical (unpaired) electrons. The van der Waals surface area contributed by atoms with E-state index in [4.69, 9.17) is 4.74 Å². The summed E-state index contributed by atoms with van der Waals surface area (Å²) >= 11 is 0. The second-order valence-corrected chi connectivity index (χ2v) is 6.07. The number of piperazine rings is 1. The zero-order chi connectivity index (χ0) is 14.7. The summed E-state index contributed by atoms with van der Waals surface area (Å²) in [4.78, 5) is 2.56. The zero-order valence-corrected chi connectivity index (χ0v) is 13.5. The van der Waals surface area contributed by atoms with Gasteiger partial charge in [-0.15, -0.1) is 0 Å². The molecule has 2 rings (SSSR count). The molecule has 1 atom stereocenters. The Bertz CT molecular complexity index is 451. The van der Waals surface area contributed by atoms with E-state index in [1.165, 1.54) is 16.7 Å². The van der Waals surface area contributed by atoms with Gasteiger partial charge in [0.05, 0.1) is 7.11 Å². The summed E-state index contributed by atoms with van der Waals surface area (Å²) < 4.78 is 5.54. The Balaban J connectivity index is 2.32. The second-order valence-electron chi connectivity index (χ2n) is 6.07. The van der Waals surface area contributed by atoms with Crippen molar-refractivity contribution in [1.82, 2.24) is 10.2 Å². The van der Waals surface area contributed by atoms with Crippen LogP contribution in [-0.4, -0.2) is 38.2 Å². The first-order valence-corrected chi connectivity index (χ1v) is 7.67. The number of ether oxygens (including phenoxy) is 1. The van der Waals surface area contributed by atoms with Gasteiger partial charge in [-0.3, -0.25) is 4.90 Å². The molecule has 1 aliphatic rings. The molecule has 112 valence electrons. The summed E-state index contributed by atoms with van der Waals surface area (Å²) in [6.45, 7) is 13.4. The van der Waals surface area contributed by atoms with E-state index in [0.717, 1.165) is 31.9 Å². The highest BCUT2D eigenvalue weighted by Crippen LogP contribution is 2.33. The molecule has 1 unspecified atom stereocenters. The molecule has 1 heterocycles. The maximum absolute atomic E-state index is 5.54. The lowest BCUT2D eigenvalue weighted by Crippen LogP contribution is -2.44. The third-order valence-electron chi connectivity index (χ3n) is 4.39. The number of hydrogen-bond acceptors (Lipinski definition) is 3. The molecule has 0 aliphatic carbocycles. The Hall–Kier alpha value is -1.06. The van der Waals surface area contributed by atoms with Gasteiger partial charge in [-0.25, -0.2) is 0 Å². The molecule has 1 aliphatic heterocycles. The molecule has 1 N–H and O–H groups in total. The average Bonchev–Trinajstić information content (AvgIpc) is 2.46. The largest absolute Gasteiger partial charge is 0.496 e. The molecule has 0 bridgehead atoms. The van der Waals surface area contributed by atoms with Crippen LogP contribution in [0, 0.1) is 6.92 Å². The highest BCUT2D eigenvalue weighted by molar-refractivity contribution is 5.45. The van der Waals surface area contributed by atoms with E-state index in [0.29, 0.717) is 12.0 Å². The van der Waals surface area contributed by atoms with Crippen LogP contribution >= 0.6 is 0 Å². The maximum atomic E-state index is 5.54. The standard InChI is InChI=1S/C17H28N2O/c1-12(2)15-11-16(13(3)10-17(15)20-5)14(4)19-8-6-18-7-9-19/h10-12,14,18H,6-9H2,1-5H3. The minimum absolute atomic E-state index is 0.473. The SMILES string of the molecule is COc1cc(C)c(C(C)N2CCNCC2)cc1C(C)C. The van der Waals surface area contributed by atoms with Crippen LogP contribution in [0.4, 0.5) is 0 Å². The fourth-order valence-corrected chi connectivity index (χ4v) is 3.06. The van der Waals surface area contributed by atoms with Gasteiger partial charge in [0.2, 0.25) is 0 Å². The van der Waals surface area contributed by atoms with Crippen molar-refractivity contribution in [2.45, 2.75) is 39.7 Å². The fraction of sp³-hybridized carbons (Fsp3) is 0.647. The molecule has 0 amide bonds. The highest BCUT2D eigenvalue weighted by Gasteiger charge is 2.21. The number of rotatable bonds is 4. The summed E-state index contributed by atoms with van der Waals surface area (Å²) in [5.41, 5.74) is 4.09. The molecule has 3 nitrogen and oxygen atoms in total. The van der Waals surface area contributed by atoms with Gasteiger partial charge in [0.1, 0.15) is 5.75 Å². The van der Waals surface area contributed by atoms with Gasteiger partial charge < -0.3 is 10.1 Å². The lowest BCUT2D eigenvalue weighted by molar-refractivity contribution is 0.185. The summed E-state index contributed by atoms with van der Waals surface area (Å²) in [7, 11) is 1.76. The van der Waals surface area contributed by atoms with Gasteiger partial charge in [0.25, 0.3) is 0 Å². The van der Waals surface area contributed by atoms with Gasteiger partial charge in [-0.2, -0.15) is 0 Å². The summed E-state index contributed by atoms with van der Waals surface area (Å²) in [5.74, 6) is 1.51. The molecule has 1 aromatic rings. The van der Waals surface area contributed by atoms with Crippen molar-refractivity contribution in [3.63, 3.8) is 0 Å². The Kier molecular flexibility index (Phi) is 5.06. The average molecular weight is 276 g/mol. The number of methoxy groups -OCH3 is 1. The topological polar surface area (TPSA) is 24.5 Å². The molecule has 20 heavy (non-hydrogen) atoms. The van der Waals surface area contributed by atoms with Gasteiger partial charge in [-0.1, -0.05) is 19.9 Å². The molecular formula is C17H28N2O. The van der Waals surface area contributed by atoms with Gasteiger partial charge in [0, 0.05) is 32.2 Å². The molecule has 1 fully saturated rings. The minimum atomic E-state index is 0.473. The predicted molar refractivity (Wildman–Crippen MR) is 84.7 cm³/mol. The number of hydrogen-bond donors (Lipinski definition) is 1. The van der Waals surface area contributed by atoms with Crippen molar-refractivity contribution in [2.75, 3.05) is 33.3 Å². The van der Waals surface area contributed by atoms with E-state index in [1.807, 2.05) is 0 Å². The quantitative estimate of drug-likeness (QED) is 0.914. The smallest absolute Gasteiger partial charge is 0.122 e. The monoisotopic (exact) mass is 276 g/mol. The first-order chi connectivity index (χ1) is 9.54. The van der Waals surface area contributed by atoms with Gasteiger partial charge in [-0.05, 0) is 42.5 Å². The van der Waals surface area contributed by atoms with Crippen LogP contribution in [0.25, 0.3) is 0 Å². The lowest BCUT2D eigenvalue weighted by atomic mass is 9.93. The first kappa shape index (κ1) is 15.3. The second kappa shape index (κ2) is 6.59. The summed E-state index contributed by atoms with van der Waals surface area (Å²) in [5, 5.41) is 3.42. The Morgan fingerprint density at radius 1 is 1.10 bits per heavy atom. The summed E-state index contributed by atoms with van der Waals surface area (Å²) in [6.07, 6.45) is 0. The van der Waals surface area contributed by atoms with Gasteiger partial charge >= 0.3 is 0 Å². The van der Waals surface area contributed by atoms with E-state index in [9.17, 15) is 0 Å². The van der Waals surface area contributed by atoms with Crippen LogP contribution in [0.1, 0.15) is 49.4 Å². The molecular weight excluding hydrogens is 248 g/mol. The third-order valence-corrected chi connectivity index (χ3v) is 4.39. The van der Waals surface area contributed by atoms with Crippen molar-refractivity contribution < 1.29 is 4.74 Å². The lowest BCUT2D eigenvalue weighted by Gasteiger charge is -2.34. The predicted octanol–water partition coefficient (Wildman–Crippen LogP) is 3.09. The van der Waals surface area contributed by atoms with Crippen LogP contribution in [0.3, 0.4) is 0 Å². The van der Waals surface area contributed by atoms with E-state index in [2.05, 4.69) is 50.0 Å². The number of benzene rings is 1. The Morgan fingerprint density at radius 3 is 2.30 bits per heavy atom. The van der Waals surface area contributed by atoms with Crippen molar-refractivity contribution in [3.8, 4) is 5.75 Å². The van der Waals surface area contributed by atoms with E-state index in [-0.39, 0.29) is 0 Å². The van der Waals surface area contributed by atoms with Crippen LogP contribution < -0.4 is 10.1 Å². The van der Waals surface area contributed by atoms with Crippen molar-refractivity contribution in [2.24, 2.45) is 0 Å². The molecule has 1 saturated heterocycles. The van der Waals surface area contributed by atoms with E-state index < -0.39 is 0 Å². The van der Waals surface area contributed by atoms with Crippen LogP contribution in [0.15, 0.2) is 12.1 Å². The molecule has 0 spiro atoms. The van der Waals surface area contributed by atoms with E-state index in [1.54, 1.807) is 7.11 Å². The molecule has 0 aromatic heterocycles. The number of nitrogens with one attached hydrogen (secondary N) is 1. The Morgan fingerprint density at radius 2 is 1.75 bits per heavy atom. The number of nitrogens with zero attached hydrogens (tertiary/aromatic N) is 1. The summed E-state index contributed by atoms with van der Waals surface area (Å²) in [6, 6.07) is 5.02. The third kappa shape index (κ3) is 3.15. The van der Waals surface area contributed by atoms with Crippen molar-refractivity contribution in [1.29, 1.82) is 0 Å². The zero-order valence-electron chi connectivity index (χ0n) is 13.5.